The second-order valence-electron chi connectivity index (χ2n) is 9.77. The summed E-state index contributed by atoms with van der Waals surface area (Å²) in [7, 11) is 0. The van der Waals surface area contributed by atoms with E-state index in [2.05, 4.69) is 25.8 Å². The molecule has 0 radical (unpaired) electrons. The number of hydrogen-bond acceptors (Lipinski definition) is 3. The summed E-state index contributed by atoms with van der Waals surface area (Å²) in [6, 6.07) is 35.2. The maximum absolute atomic E-state index is 13.9. The largest absolute Gasteiger partial charge is 0.309 e. The number of aryl methyl sites for hydroxylation is 1. The van der Waals surface area contributed by atoms with E-state index in [-0.39, 0.29) is 10.7 Å². The van der Waals surface area contributed by atoms with Gasteiger partial charge in [0.1, 0.15) is 5.57 Å². The molecule has 0 atom stereocenters. The van der Waals surface area contributed by atoms with Crippen LogP contribution >= 0.6 is 39.7 Å². The van der Waals surface area contributed by atoms with E-state index in [4.69, 9.17) is 23.8 Å². The fraction of sp³-hybridized carbons (Fsp3) is 0.0294. The van der Waals surface area contributed by atoms with Gasteiger partial charge >= 0.3 is 0 Å². The molecule has 4 aromatic carbocycles. The number of aromatic nitrogens is 1. The first kappa shape index (κ1) is 27.8. The van der Waals surface area contributed by atoms with Crippen LogP contribution < -0.4 is 10.2 Å². The highest BCUT2D eigenvalue weighted by Crippen LogP contribution is 2.38. The van der Waals surface area contributed by atoms with Gasteiger partial charge in [0.05, 0.1) is 17.1 Å². The highest BCUT2D eigenvalue weighted by molar-refractivity contribution is 9.10. The third kappa shape index (κ3) is 5.23. The summed E-state index contributed by atoms with van der Waals surface area (Å²) < 4.78 is 3.11. The van der Waals surface area contributed by atoms with Crippen LogP contribution in [0.15, 0.2) is 119 Å². The van der Waals surface area contributed by atoms with E-state index in [9.17, 15) is 9.59 Å². The molecule has 0 spiro atoms. The lowest BCUT2D eigenvalue weighted by Gasteiger charge is -2.29. The lowest BCUT2D eigenvalue weighted by molar-refractivity contribution is -0.122. The summed E-state index contributed by atoms with van der Waals surface area (Å²) >= 11 is 15.3. The molecule has 1 aromatic heterocycles. The maximum Gasteiger partial charge on any atom is 0.270 e. The summed E-state index contributed by atoms with van der Waals surface area (Å²) in [4.78, 5) is 28.5. The first-order chi connectivity index (χ1) is 20.3. The van der Waals surface area contributed by atoms with Crippen molar-refractivity contribution >= 4 is 68.4 Å². The van der Waals surface area contributed by atoms with Gasteiger partial charge in [-0.05, 0) is 84.4 Å². The van der Waals surface area contributed by atoms with Gasteiger partial charge in [-0.15, -0.1) is 0 Å². The van der Waals surface area contributed by atoms with Crippen molar-refractivity contribution in [2.75, 3.05) is 4.90 Å². The first-order valence-corrected chi connectivity index (χ1v) is 14.7. The molecular formula is C34H23BrClN3O2S. The van der Waals surface area contributed by atoms with Crippen molar-refractivity contribution in [3.8, 4) is 28.2 Å². The van der Waals surface area contributed by atoms with Gasteiger partial charge in [0.15, 0.2) is 5.11 Å². The predicted molar refractivity (Wildman–Crippen MR) is 177 cm³/mol. The van der Waals surface area contributed by atoms with Gasteiger partial charge in [0.25, 0.3) is 11.8 Å². The van der Waals surface area contributed by atoms with Crippen LogP contribution in [0.25, 0.3) is 34.3 Å². The second-order valence-corrected chi connectivity index (χ2v) is 11.5. The van der Waals surface area contributed by atoms with E-state index >= 15 is 0 Å². The van der Waals surface area contributed by atoms with Crippen LogP contribution in [0.2, 0.25) is 5.02 Å². The van der Waals surface area contributed by atoms with Crippen molar-refractivity contribution in [3.05, 3.63) is 135 Å². The average molecular weight is 653 g/mol. The zero-order valence-corrected chi connectivity index (χ0v) is 25.5. The second kappa shape index (κ2) is 11.5. The van der Waals surface area contributed by atoms with Gasteiger partial charge in [-0.1, -0.05) is 94.3 Å². The number of carbonyl (C=O) groups is 2. The van der Waals surface area contributed by atoms with Crippen LogP contribution in [0.1, 0.15) is 11.1 Å². The Morgan fingerprint density at radius 1 is 0.810 bits per heavy atom. The Kier molecular flexibility index (Phi) is 7.64. The third-order valence-electron chi connectivity index (χ3n) is 7.05. The van der Waals surface area contributed by atoms with Crippen molar-refractivity contribution < 1.29 is 9.59 Å². The minimum atomic E-state index is -0.559. The number of halogens is 2. The number of nitrogens with one attached hydrogen (secondary N) is 1. The fourth-order valence-electron chi connectivity index (χ4n) is 4.98. The molecule has 1 fully saturated rings. The van der Waals surface area contributed by atoms with Crippen LogP contribution in [-0.4, -0.2) is 21.5 Å². The molecule has 1 N–H and O–H groups in total. The molecule has 0 bridgehead atoms. The molecule has 8 heteroatoms. The van der Waals surface area contributed by atoms with Crippen molar-refractivity contribution in [1.82, 2.24) is 9.88 Å². The Balaban J connectivity index is 1.59. The molecule has 1 saturated heterocycles. The molecular weight excluding hydrogens is 630 g/mol. The quantitative estimate of drug-likeness (QED) is 0.118. The highest BCUT2D eigenvalue weighted by Gasteiger charge is 2.35. The number of benzene rings is 4. The van der Waals surface area contributed by atoms with Gasteiger partial charge in [-0.3, -0.25) is 19.8 Å². The van der Waals surface area contributed by atoms with Crippen LogP contribution in [-0.2, 0) is 9.59 Å². The number of amides is 2. The van der Waals surface area contributed by atoms with E-state index in [0.29, 0.717) is 16.3 Å². The van der Waals surface area contributed by atoms with E-state index in [1.165, 1.54) is 4.90 Å². The number of thiocarbonyl (C=S) groups is 1. The normalized spacial score (nSPS) is 14.4. The summed E-state index contributed by atoms with van der Waals surface area (Å²) in [6.45, 7) is 1.88. The van der Waals surface area contributed by atoms with Crippen molar-refractivity contribution in [3.63, 3.8) is 0 Å². The minimum Gasteiger partial charge on any atom is -0.309 e. The molecule has 0 saturated carbocycles. The molecule has 1 aliphatic rings. The minimum absolute atomic E-state index is 0.00256. The average Bonchev–Trinajstić information content (AvgIpc) is 3.37. The molecule has 2 heterocycles. The number of carbonyl (C=O) groups excluding carboxylic acids is 2. The van der Waals surface area contributed by atoms with Gasteiger partial charge in [0, 0.05) is 20.7 Å². The summed E-state index contributed by atoms with van der Waals surface area (Å²) in [5.74, 6) is -1.09. The van der Waals surface area contributed by atoms with E-state index in [1.807, 2.05) is 104 Å². The Hall–Kier alpha value is -4.30. The number of rotatable bonds is 5. The Morgan fingerprint density at radius 2 is 1.43 bits per heavy atom. The van der Waals surface area contributed by atoms with Gasteiger partial charge in [-0.25, -0.2) is 0 Å². The molecule has 1 aliphatic heterocycles. The van der Waals surface area contributed by atoms with Gasteiger partial charge < -0.3 is 4.57 Å². The molecule has 0 unspecified atom stereocenters. The lowest BCUT2D eigenvalue weighted by atomic mass is 10.0. The summed E-state index contributed by atoms with van der Waals surface area (Å²) in [5, 5.41) is 3.19. The predicted octanol–water partition coefficient (Wildman–Crippen LogP) is 8.37. The monoisotopic (exact) mass is 651 g/mol. The molecule has 0 aliphatic carbocycles. The number of hydrogen-bond donors (Lipinski definition) is 1. The van der Waals surface area contributed by atoms with E-state index in [0.717, 1.165) is 38.2 Å². The maximum atomic E-state index is 13.9. The molecule has 6 rings (SSSR count). The van der Waals surface area contributed by atoms with Crippen LogP contribution in [0.4, 0.5) is 5.69 Å². The van der Waals surface area contributed by atoms with Crippen LogP contribution in [0, 0.1) is 6.92 Å². The van der Waals surface area contributed by atoms with E-state index < -0.39 is 11.8 Å². The third-order valence-corrected chi connectivity index (χ3v) is 8.27. The van der Waals surface area contributed by atoms with Gasteiger partial charge in [0.2, 0.25) is 0 Å². The number of anilines is 1. The Labute approximate surface area is 262 Å². The standard InChI is InChI=1S/C34H23BrClN3O2S/c1-21-12-15-27(20-29(21)36)39-33(41)28(32(40)37-34(39)42)18-24-19-30(22-8-4-2-5-9-22)38(26-16-13-25(35)14-17-26)31(24)23-10-6-3-7-11-23/h2-20H,1H3,(H,37,40,42)/b28-18-. The van der Waals surface area contributed by atoms with Crippen molar-refractivity contribution in [1.29, 1.82) is 0 Å². The molecule has 2 amide bonds. The molecule has 5 aromatic rings. The van der Waals surface area contributed by atoms with Crippen LogP contribution in [0.3, 0.4) is 0 Å². The lowest BCUT2D eigenvalue weighted by Crippen LogP contribution is -2.54. The van der Waals surface area contributed by atoms with Crippen LogP contribution in [0.5, 0.6) is 0 Å². The smallest absolute Gasteiger partial charge is 0.270 e. The highest BCUT2D eigenvalue weighted by atomic mass is 79.9. The Bertz CT molecular complexity index is 1880. The van der Waals surface area contributed by atoms with Crippen molar-refractivity contribution in [2.45, 2.75) is 6.92 Å². The zero-order chi connectivity index (χ0) is 29.4. The molecule has 5 nitrogen and oxygen atoms in total. The topological polar surface area (TPSA) is 54.3 Å². The zero-order valence-electron chi connectivity index (χ0n) is 22.3. The Morgan fingerprint density at radius 3 is 2.07 bits per heavy atom. The number of nitrogens with zero attached hydrogens (tertiary/aromatic N) is 2. The molecule has 42 heavy (non-hydrogen) atoms. The SMILES string of the molecule is Cc1ccc(N2C(=O)/C(=C\c3cc(-c4ccccc4)n(-c4ccc(Br)cc4)c3-c3ccccc3)C(=O)NC2=S)cc1Cl. The molecule has 206 valence electrons. The summed E-state index contributed by atoms with van der Waals surface area (Å²) in [5.41, 5.74) is 6.60. The van der Waals surface area contributed by atoms with Crippen molar-refractivity contribution in [2.24, 2.45) is 0 Å². The van der Waals surface area contributed by atoms with E-state index in [1.54, 1.807) is 18.2 Å². The first-order valence-electron chi connectivity index (χ1n) is 13.1. The summed E-state index contributed by atoms with van der Waals surface area (Å²) in [6.07, 6.45) is 1.65. The fourth-order valence-corrected chi connectivity index (χ4v) is 5.70. The van der Waals surface area contributed by atoms with Gasteiger partial charge in [-0.2, -0.15) is 0 Å².